The molecule has 0 aliphatic heterocycles. The Morgan fingerprint density at radius 2 is 1.79 bits per heavy atom. The van der Waals surface area contributed by atoms with Crippen LogP contribution >= 0.6 is 0 Å². The molecule has 4 nitrogen and oxygen atoms in total. The quantitative estimate of drug-likeness (QED) is 0.613. The Hall–Kier alpha value is -1.91. The molecule has 3 rings (SSSR count). The Bertz CT molecular complexity index is 706. The van der Waals surface area contributed by atoms with E-state index in [1.165, 1.54) is 12.1 Å². The fourth-order valence-corrected chi connectivity index (χ4v) is 5.07. The lowest BCUT2D eigenvalue weighted by Gasteiger charge is -2.36. The first-order valence-corrected chi connectivity index (χ1v) is 10.9. The number of ether oxygens (including phenoxy) is 2. The molecule has 0 aromatic heterocycles. The van der Waals surface area contributed by atoms with E-state index in [0.29, 0.717) is 30.6 Å². The van der Waals surface area contributed by atoms with Crippen molar-refractivity contribution in [3.8, 4) is 0 Å². The van der Waals surface area contributed by atoms with Crippen molar-refractivity contribution in [3.63, 3.8) is 0 Å². The number of benzene rings is 1. The highest BCUT2D eigenvalue weighted by atomic mass is 19.1. The van der Waals surface area contributed by atoms with Crippen molar-refractivity contribution in [1.29, 1.82) is 0 Å². The van der Waals surface area contributed by atoms with E-state index < -0.39 is 17.4 Å². The smallest absolute Gasteiger partial charge is 0.344 e. The van der Waals surface area contributed by atoms with Gasteiger partial charge in [0, 0.05) is 0 Å². The van der Waals surface area contributed by atoms with Crippen LogP contribution in [0.1, 0.15) is 71.3 Å². The summed E-state index contributed by atoms with van der Waals surface area (Å²) in [6.07, 6.45) is 6.10. The lowest BCUT2D eigenvalue weighted by molar-refractivity contribution is -0.169. The van der Waals surface area contributed by atoms with Crippen LogP contribution in [0.15, 0.2) is 24.3 Å². The number of hydrogen-bond donors (Lipinski definition) is 0. The summed E-state index contributed by atoms with van der Waals surface area (Å²) in [5, 5.41) is 0. The van der Waals surface area contributed by atoms with Gasteiger partial charge in [-0.2, -0.15) is 0 Å². The molecule has 0 spiro atoms. The van der Waals surface area contributed by atoms with Gasteiger partial charge >= 0.3 is 11.9 Å². The van der Waals surface area contributed by atoms with E-state index in [1.54, 1.807) is 12.1 Å². The third-order valence-electron chi connectivity index (χ3n) is 6.81. The molecule has 160 valence electrons. The van der Waals surface area contributed by atoms with E-state index in [1.807, 2.05) is 0 Å². The van der Waals surface area contributed by atoms with Gasteiger partial charge in [-0.15, -0.1) is 0 Å². The molecular weight excluding hydrogens is 371 g/mol. The highest BCUT2D eigenvalue weighted by molar-refractivity contribution is 5.85. The maximum atomic E-state index is 13.3. The molecule has 3 atom stereocenters. The first-order valence-electron chi connectivity index (χ1n) is 10.9. The van der Waals surface area contributed by atoms with Gasteiger partial charge in [0.2, 0.25) is 0 Å². The van der Waals surface area contributed by atoms with E-state index >= 15 is 0 Å². The number of hydrogen-bond acceptors (Lipinski definition) is 4. The van der Waals surface area contributed by atoms with Gasteiger partial charge in [-0.25, -0.2) is 9.18 Å². The maximum absolute atomic E-state index is 13.3. The molecule has 0 saturated heterocycles. The fourth-order valence-electron chi connectivity index (χ4n) is 5.07. The second-order valence-electron chi connectivity index (χ2n) is 9.23. The number of esters is 2. The van der Waals surface area contributed by atoms with Gasteiger partial charge in [0.1, 0.15) is 11.9 Å². The molecule has 1 aromatic rings. The van der Waals surface area contributed by atoms with E-state index in [-0.39, 0.29) is 18.5 Å². The summed E-state index contributed by atoms with van der Waals surface area (Å²) in [4.78, 5) is 25.4. The van der Waals surface area contributed by atoms with Crippen LogP contribution < -0.4 is 0 Å². The highest BCUT2D eigenvalue weighted by Gasteiger charge is 2.44. The third kappa shape index (κ3) is 4.99. The SMILES string of the molecule is CC(C)[C@H]1CC[C@@H](C)C[C@H]1OC(=O)COC(=O)C1(c2ccc(F)cc2)CCCC1. The second kappa shape index (κ2) is 9.27. The van der Waals surface area contributed by atoms with Crippen LogP contribution in [-0.4, -0.2) is 24.6 Å². The minimum absolute atomic E-state index is 0.109. The summed E-state index contributed by atoms with van der Waals surface area (Å²) in [5.74, 6) is 0.117. The number of carbonyl (C=O) groups is 2. The third-order valence-corrected chi connectivity index (χ3v) is 6.81. The van der Waals surface area contributed by atoms with E-state index in [4.69, 9.17) is 9.47 Å². The monoisotopic (exact) mass is 404 g/mol. The molecule has 29 heavy (non-hydrogen) atoms. The van der Waals surface area contributed by atoms with E-state index in [2.05, 4.69) is 20.8 Å². The van der Waals surface area contributed by atoms with Crippen LogP contribution in [0, 0.1) is 23.6 Å². The van der Waals surface area contributed by atoms with Gasteiger partial charge in [0.15, 0.2) is 6.61 Å². The summed E-state index contributed by atoms with van der Waals surface area (Å²) in [6, 6.07) is 6.04. The Labute approximate surface area is 173 Å². The number of halogens is 1. The molecule has 2 saturated carbocycles. The fraction of sp³-hybridized carbons (Fsp3) is 0.667. The summed E-state index contributed by atoms with van der Waals surface area (Å²) in [5.41, 5.74) is -0.0240. The van der Waals surface area contributed by atoms with Gasteiger partial charge in [0.25, 0.3) is 0 Å². The average Bonchev–Trinajstić information content (AvgIpc) is 3.17. The zero-order chi connectivity index (χ0) is 21.0. The Morgan fingerprint density at radius 3 is 2.41 bits per heavy atom. The molecule has 5 heteroatoms. The van der Waals surface area contributed by atoms with Gasteiger partial charge in [-0.1, -0.05) is 52.2 Å². The van der Waals surface area contributed by atoms with Crippen LogP contribution in [0.3, 0.4) is 0 Å². The lowest BCUT2D eigenvalue weighted by atomic mass is 9.75. The van der Waals surface area contributed by atoms with Crippen molar-refractivity contribution in [1.82, 2.24) is 0 Å². The maximum Gasteiger partial charge on any atom is 0.344 e. The minimum Gasteiger partial charge on any atom is -0.460 e. The van der Waals surface area contributed by atoms with Gasteiger partial charge in [-0.05, 0) is 61.1 Å². The minimum atomic E-state index is -0.784. The average molecular weight is 405 g/mol. The molecule has 0 N–H and O–H groups in total. The van der Waals surface area contributed by atoms with E-state index in [0.717, 1.165) is 37.7 Å². The van der Waals surface area contributed by atoms with Crippen LogP contribution in [0.4, 0.5) is 4.39 Å². The highest BCUT2D eigenvalue weighted by Crippen LogP contribution is 2.42. The molecule has 1 aromatic carbocycles. The normalized spacial score (nSPS) is 26.3. The molecule has 2 aliphatic carbocycles. The lowest BCUT2D eigenvalue weighted by Crippen LogP contribution is -2.38. The van der Waals surface area contributed by atoms with Crippen LogP contribution in [0.25, 0.3) is 0 Å². The molecule has 2 aliphatic rings. The van der Waals surface area contributed by atoms with Crippen LogP contribution in [0.5, 0.6) is 0 Å². The van der Waals surface area contributed by atoms with E-state index in [9.17, 15) is 14.0 Å². The van der Waals surface area contributed by atoms with Gasteiger partial charge in [-0.3, -0.25) is 4.79 Å². The second-order valence-corrected chi connectivity index (χ2v) is 9.23. The summed E-state index contributed by atoms with van der Waals surface area (Å²) in [6.45, 7) is 6.14. The zero-order valence-corrected chi connectivity index (χ0v) is 17.8. The Kier molecular flexibility index (Phi) is 6.97. The summed E-state index contributed by atoms with van der Waals surface area (Å²) < 4.78 is 24.5. The van der Waals surface area contributed by atoms with Crippen molar-refractivity contribution in [2.45, 2.75) is 77.2 Å². The first kappa shape index (κ1) is 21.8. The van der Waals surface area contributed by atoms with Crippen LogP contribution in [0.2, 0.25) is 0 Å². The van der Waals surface area contributed by atoms with Crippen molar-refractivity contribution < 1.29 is 23.5 Å². The summed E-state index contributed by atoms with van der Waals surface area (Å²) >= 11 is 0. The zero-order valence-electron chi connectivity index (χ0n) is 17.8. The molecule has 0 radical (unpaired) electrons. The molecular formula is C24H33FO4. The van der Waals surface area contributed by atoms with Crippen molar-refractivity contribution in [2.24, 2.45) is 17.8 Å². The number of rotatable bonds is 6. The Morgan fingerprint density at radius 1 is 1.14 bits per heavy atom. The number of carbonyl (C=O) groups excluding carboxylic acids is 2. The Balaban J connectivity index is 1.61. The predicted octanol–water partition coefficient (Wildman–Crippen LogP) is 5.18. The van der Waals surface area contributed by atoms with Crippen molar-refractivity contribution in [3.05, 3.63) is 35.6 Å². The summed E-state index contributed by atoms with van der Waals surface area (Å²) in [7, 11) is 0. The molecule has 0 heterocycles. The molecule has 0 unspecified atom stereocenters. The molecule has 0 bridgehead atoms. The standard InChI is InChI=1S/C24H33FO4/c1-16(2)20-11-6-17(3)14-21(20)29-22(26)15-28-23(27)24(12-4-5-13-24)18-7-9-19(25)10-8-18/h7-10,16-17,20-21H,4-6,11-15H2,1-3H3/t17-,20-,21-/m1/s1. The molecule has 2 fully saturated rings. The topological polar surface area (TPSA) is 52.6 Å². The largest absolute Gasteiger partial charge is 0.460 e. The first-order chi connectivity index (χ1) is 13.8. The van der Waals surface area contributed by atoms with Gasteiger partial charge < -0.3 is 9.47 Å². The van der Waals surface area contributed by atoms with Crippen molar-refractivity contribution >= 4 is 11.9 Å². The van der Waals surface area contributed by atoms with Gasteiger partial charge in [0.05, 0.1) is 5.41 Å². The molecule has 0 amide bonds. The van der Waals surface area contributed by atoms with Crippen molar-refractivity contribution in [2.75, 3.05) is 6.61 Å². The van der Waals surface area contributed by atoms with Crippen LogP contribution in [-0.2, 0) is 24.5 Å². The predicted molar refractivity (Wildman–Crippen MR) is 109 cm³/mol.